The molecule has 0 heterocycles. The van der Waals surface area contributed by atoms with E-state index in [0.29, 0.717) is 11.8 Å². The van der Waals surface area contributed by atoms with Gasteiger partial charge >= 0.3 is 0 Å². The van der Waals surface area contributed by atoms with E-state index < -0.39 is 8.32 Å². The maximum absolute atomic E-state index is 5.57. The van der Waals surface area contributed by atoms with Crippen LogP contribution >= 0.6 is 0 Å². The predicted octanol–water partition coefficient (Wildman–Crippen LogP) is 3.59. The molecule has 0 N–H and O–H groups in total. The molecule has 3 heteroatoms. The Bertz CT molecular complexity index is 249. The van der Waals surface area contributed by atoms with Gasteiger partial charge in [-0.15, -0.1) is 0 Å². The highest BCUT2D eigenvalue weighted by Gasteiger charge is 2.16. The zero-order chi connectivity index (χ0) is 11.4. The van der Waals surface area contributed by atoms with Crippen LogP contribution in [0, 0.1) is 5.92 Å². The molecule has 0 radical (unpaired) electrons. The SMILES string of the molecule is C=C(N=CC(=C)C(C)C)O[Si](C)(C)C. The van der Waals surface area contributed by atoms with E-state index in [2.05, 4.69) is 51.6 Å². The predicted molar refractivity (Wildman–Crippen MR) is 66.0 cm³/mol. The summed E-state index contributed by atoms with van der Waals surface area (Å²) in [5.41, 5.74) is 0.991. The number of allylic oxidation sites excluding steroid dienone is 1. The van der Waals surface area contributed by atoms with Crippen molar-refractivity contribution in [2.75, 3.05) is 0 Å². The zero-order valence-electron chi connectivity index (χ0n) is 9.92. The van der Waals surface area contributed by atoms with E-state index in [1.165, 1.54) is 0 Å². The third-order valence-electron chi connectivity index (χ3n) is 1.54. The molecule has 0 rings (SSSR count). The molecule has 0 aromatic carbocycles. The fraction of sp³-hybridized carbons (Fsp3) is 0.545. The monoisotopic (exact) mass is 211 g/mol. The Morgan fingerprint density at radius 1 is 1.29 bits per heavy atom. The molecule has 2 nitrogen and oxygen atoms in total. The molecule has 0 aromatic heterocycles. The molecule has 80 valence electrons. The van der Waals surface area contributed by atoms with Crippen LogP contribution in [0.25, 0.3) is 0 Å². The van der Waals surface area contributed by atoms with Crippen molar-refractivity contribution in [1.82, 2.24) is 0 Å². The Hall–Kier alpha value is -0.833. The van der Waals surface area contributed by atoms with E-state index in [4.69, 9.17) is 4.43 Å². The van der Waals surface area contributed by atoms with E-state index in [1.54, 1.807) is 6.21 Å². The minimum atomic E-state index is -1.56. The van der Waals surface area contributed by atoms with Crippen LogP contribution in [0.2, 0.25) is 19.6 Å². The van der Waals surface area contributed by atoms with Gasteiger partial charge in [0.05, 0.1) is 0 Å². The summed E-state index contributed by atoms with van der Waals surface area (Å²) in [5.74, 6) is 0.907. The first kappa shape index (κ1) is 13.2. The first-order valence-corrected chi connectivity index (χ1v) is 8.24. The molecule has 0 fully saturated rings. The first-order chi connectivity index (χ1) is 6.22. The van der Waals surface area contributed by atoms with Gasteiger partial charge in [0.1, 0.15) is 0 Å². The lowest BCUT2D eigenvalue weighted by atomic mass is 10.1. The van der Waals surface area contributed by atoms with Gasteiger partial charge in [-0.05, 0) is 37.7 Å². The standard InChI is InChI=1S/C11H21NOSi/c1-9(2)10(3)8-12-11(4)13-14(5,6)7/h8-9H,3-4H2,1-2,5-7H3. The summed E-state index contributed by atoms with van der Waals surface area (Å²) in [7, 11) is -1.56. The molecule has 0 aromatic rings. The molecular formula is C11H21NOSi. The largest absolute Gasteiger partial charge is 0.532 e. The number of aliphatic imine (C=N–C) groups is 1. The average Bonchev–Trinajstić information content (AvgIpc) is 1.96. The minimum Gasteiger partial charge on any atom is -0.532 e. The Kier molecular flexibility index (Phi) is 4.84. The van der Waals surface area contributed by atoms with Crippen molar-refractivity contribution < 1.29 is 4.43 Å². The van der Waals surface area contributed by atoms with Crippen LogP contribution in [0.5, 0.6) is 0 Å². The topological polar surface area (TPSA) is 21.6 Å². The van der Waals surface area contributed by atoms with Gasteiger partial charge in [-0.25, -0.2) is 4.99 Å². The minimum absolute atomic E-state index is 0.415. The van der Waals surface area contributed by atoms with Crippen molar-refractivity contribution in [3.63, 3.8) is 0 Å². The number of rotatable bonds is 5. The number of hydrogen-bond donors (Lipinski definition) is 0. The van der Waals surface area contributed by atoms with Crippen molar-refractivity contribution >= 4 is 14.5 Å². The highest BCUT2D eigenvalue weighted by atomic mass is 28.4. The molecular weight excluding hydrogens is 190 g/mol. The summed E-state index contributed by atoms with van der Waals surface area (Å²) < 4.78 is 5.57. The van der Waals surface area contributed by atoms with Crippen molar-refractivity contribution in [1.29, 1.82) is 0 Å². The van der Waals surface area contributed by atoms with Gasteiger partial charge in [-0.1, -0.05) is 20.4 Å². The molecule has 0 saturated carbocycles. The van der Waals surface area contributed by atoms with E-state index >= 15 is 0 Å². The van der Waals surface area contributed by atoms with Crippen molar-refractivity contribution in [2.45, 2.75) is 33.5 Å². The van der Waals surface area contributed by atoms with Crippen LogP contribution in [0.1, 0.15) is 13.8 Å². The van der Waals surface area contributed by atoms with Crippen LogP contribution in [-0.4, -0.2) is 14.5 Å². The van der Waals surface area contributed by atoms with E-state index in [9.17, 15) is 0 Å². The second kappa shape index (κ2) is 5.15. The molecule has 0 amide bonds. The van der Waals surface area contributed by atoms with Crippen molar-refractivity contribution in [2.24, 2.45) is 10.9 Å². The molecule has 0 unspecified atom stereocenters. The molecule has 0 aliphatic heterocycles. The highest BCUT2D eigenvalue weighted by Crippen LogP contribution is 2.10. The summed E-state index contributed by atoms with van der Waals surface area (Å²) in [4.78, 5) is 4.12. The Balaban J connectivity index is 4.14. The van der Waals surface area contributed by atoms with Crippen LogP contribution < -0.4 is 0 Å². The Morgan fingerprint density at radius 2 is 1.79 bits per heavy atom. The van der Waals surface area contributed by atoms with Crippen LogP contribution in [0.4, 0.5) is 0 Å². The maximum Gasteiger partial charge on any atom is 0.244 e. The normalized spacial score (nSPS) is 12.1. The van der Waals surface area contributed by atoms with Crippen molar-refractivity contribution in [3.05, 3.63) is 24.6 Å². The number of nitrogens with zero attached hydrogens (tertiary/aromatic N) is 1. The van der Waals surface area contributed by atoms with E-state index in [1.807, 2.05) is 0 Å². The van der Waals surface area contributed by atoms with Gasteiger partial charge in [0.25, 0.3) is 0 Å². The third kappa shape index (κ3) is 6.66. The maximum atomic E-state index is 5.57. The summed E-state index contributed by atoms with van der Waals surface area (Å²) in [5, 5.41) is 0. The average molecular weight is 211 g/mol. The van der Waals surface area contributed by atoms with Gasteiger partial charge in [-0.2, -0.15) is 0 Å². The lowest BCUT2D eigenvalue weighted by Crippen LogP contribution is -2.24. The van der Waals surface area contributed by atoms with Gasteiger partial charge in [0, 0.05) is 6.21 Å². The molecule has 14 heavy (non-hydrogen) atoms. The molecule has 0 aliphatic carbocycles. The summed E-state index contributed by atoms with van der Waals surface area (Å²) in [6.45, 7) is 18.1. The smallest absolute Gasteiger partial charge is 0.244 e. The van der Waals surface area contributed by atoms with Gasteiger partial charge in [-0.3, -0.25) is 0 Å². The number of hydrogen-bond acceptors (Lipinski definition) is 2. The lowest BCUT2D eigenvalue weighted by molar-refractivity contribution is 0.421. The molecule has 0 spiro atoms. The van der Waals surface area contributed by atoms with Crippen molar-refractivity contribution in [3.8, 4) is 0 Å². The second-order valence-corrected chi connectivity index (χ2v) is 9.02. The fourth-order valence-corrected chi connectivity index (χ4v) is 1.44. The zero-order valence-corrected chi connectivity index (χ0v) is 10.9. The van der Waals surface area contributed by atoms with Crippen LogP contribution in [0.3, 0.4) is 0 Å². The van der Waals surface area contributed by atoms with Crippen LogP contribution in [0.15, 0.2) is 29.6 Å². The van der Waals surface area contributed by atoms with Gasteiger partial charge < -0.3 is 4.43 Å². The van der Waals surface area contributed by atoms with Gasteiger partial charge in [0.2, 0.25) is 8.32 Å². The fourth-order valence-electron chi connectivity index (χ4n) is 0.684. The highest BCUT2D eigenvalue weighted by molar-refractivity contribution is 6.70. The third-order valence-corrected chi connectivity index (χ3v) is 2.39. The lowest BCUT2D eigenvalue weighted by Gasteiger charge is -2.18. The Morgan fingerprint density at radius 3 is 2.14 bits per heavy atom. The van der Waals surface area contributed by atoms with Crippen LogP contribution in [-0.2, 0) is 4.43 Å². The molecule has 0 saturated heterocycles. The molecule has 0 bridgehead atoms. The summed E-state index contributed by atoms with van der Waals surface area (Å²) in [6, 6.07) is 0. The molecule has 0 atom stereocenters. The summed E-state index contributed by atoms with van der Waals surface area (Å²) in [6.07, 6.45) is 1.73. The Labute approximate surface area is 88.5 Å². The quantitative estimate of drug-likeness (QED) is 0.387. The van der Waals surface area contributed by atoms with E-state index in [0.717, 1.165) is 5.57 Å². The van der Waals surface area contributed by atoms with Gasteiger partial charge in [0.15, 0.2) is 5.88 Å². The first-order valence-electron chi connectivity index (χ1n) is 4.83. The molecule has 0 aliphatic rings. The second-order valence-electron chi connectivity index (χ2n) is 4.60. The van der Waals surface area contributed by atoms with E-state index in [-0.39, 0.29) is 0 Å². The summed E-state index contributed by atoms with van der Waals surface area (Å²) >= 11 is 0.